The van der Waals surface area contributed by atoms with Gasteiger partial charge in [0.25, 0.3) is 0 Å². The quantitative estimate of drug-likeness (QED) is 0.791. The Morgan fingerprint density at radius 1 is 1.30 bits per heavy atom. The molecule has 8 heteroatoms. The standard InChI is InChI=1S/C19H26ClN3O3S/c1-13-16(17-10-14(20)4-5-18(17)21-13)11-19(24)23(8-7-22(2)3)15-6-9-27(25,26)12-15/h4-5,10,15,21H,6-9,11-12H2,1-3H3/t15-/m0/s1. The van der Waals surface area contributed by atoms with Crippen LogP contribution >= 0.6 is 11.6 Å². The number of likely N-dealkylation sites (N-methyl/N-ethyl adjacent to an activating group) is 1. The first-order chi connectivity index (χ1) is 12.7. The van der Waals surface area contributed by atoms with Crippen LogP contribution in [0.3, 0.4) is 0 Å². The molecular weight excluding hydrogens is 386 g/mol. The van der Waals surface area contributed by atoms with E-state index >= 15 is 0 Å². The number of amides is 1. The average Bonchev–Trinajstić information content (AvgIpc) is 3.07. The Bertz CT molecular complexity index is 953. The molecule has 1 atom stereocenters. The molecule has 2 heterocycles. The molecule has 148 valence electrons. The minimum atomic E-state index is -3.05. The summed E-state index contributed by atoms with van der Waals surface area (Å²) in [6, 6.07) is 5.36. The van der Waals surface area contributed by atoms with Gasteiger partial charge in [0.15, 0.2) is 9.84 Å². The molecule has 0 spiro atoms. The van der Waals surface area contributed by atoms with Gasteiger partial charge in [-0.05, 0) is 51.2 Å². The van der Waals surface area contributed by atoms with Crippen molar-refractivity contribution in [2.45, 2.75) is 25.8 Å². The number of benzene rings is 1. The van der Waals surface area contributed by atoms with Crippen molar-refractivity contribution in [2.75, 3.05) is 38.7 Å². The van der Waals surface area contributed by atoms with E-state index in [0.29, 0.717) is 24.5 Å². The van der Waals surface area contributed by atoms with E-state index in [1.807, 2.05) is 44.1 Å². The Morgan fingerprint density at radius 2 is 2.04 bits per heavy atom. The summed E-state index contributed by atoms with van der Waals surface area (Å²) in [5, 5.41) is 1.57. The first-order valence-electron chi connectivity index (χ1n) is 9.07. The van der Waals surface area contributed by atoms with Crippen LogP contribution in [0.4, 0.5) is 0 Å². The summed E-state index contributed by atoms with van der Waals surface area (Å²) in [5.41, 5.74) is 2.81. The number of hydrogen-bond acceptors (Lipinski definition) is 4. The van der Waals surface area contributed by atoms with Crippen molar-refractivity contribution in [2.24, 2.45) is 0 Å². The fourth-order valence-corrected chi connectivity index (χ4v) is 5.58. The number of carbonyl (C=O) groups is 1. The Balaban J connectivity index is 1.86. The van der Waals surface area contributed by atoms with Gasteiger partial charge in [0.2, 0.25) is 5.91 Å². The molecule has 0 radical (unpaired) electrons. The average molecular weight is 412 g/mol. The molecule has 1 aromatic heterocycles. The van der Waals surface area contributed by atoms with Crippen molar-refractivity contribution in [1.82, 2.24) is 14.8 Å². The van der Waals surface area contributed by atoms with Crippen LogP contribution < -0.4 is 0 Å². The van der Waals surface area contributed by atoms with Crippen molar-refractivity contribution < 1.29 is 13.2 Å². The number of nitrogens with one attached hydrogen (secondary N) is 1. The number of fused-ring (bicyclic) bond motifs is 1. The Kier molecular flexibility index (Phi) is 5.84. The summed E-state index contributed by atoms with van der Waals surface area (Å²) in [4.78, 5) is 20.2. The summed E-state index contributed by atoms with van der Waals surface area (Å²) < 4.78 is 23.8. The number of H-pyrrole nitrogens is 1. The Hall–Kier alpha value is -1.57. The van der Waals surface area contributed by atoms with Crippen LogP contribution in [0, 0.1) is 6.92 Å². The van der Waals surface area contributed by atoms with Gasteiger partial charge in [0.05, 0.1) is 17.9 Å². The number of nitrogens with zero attached hydrogens (tertiary/aromatic N) is 2. The van der Waals surface area contributed by atoms with Crippen molar-refractivity contribution in [3.05, 3.63) is 34.5 Å². The normalized spacial score (nSPS) is 19.1. The zero-order valence-electron chi connectivity index (χ0n) is 16.0. The molecule has 1 aliphatic rings. The molecule has 1 amide bonds. The number of rotatable bonds is 6. The Morgan fingerprint density at radius 3 is 2.67 bits per heavy atom. The third-order valence-electron chi connectivity index (χ3n) is 5.17. The maximum atomic E-state index is 13.2. The van der Waals surface area contributed by atoms with E-state index in [1.54, 1.807) is 4.90 Å². The summed E-state index contributed by atoms with van der Waals surface area (Å²) in [6.45, 7) is 3.16. The number of hydrogen-bond donors (Lipinski definition) is 1. The summed E-state index contributed by atoms with van der Waals surface area (Å²) in [5.74, 6) is 0.179. The van der Waals surface area contributed by atoms with Crippen LogP contribution in [0.15, 0.2) is 18.2 Å². The molecule has 1 saturated heterocycles. The molecule has 27 heavy (non-hydrogen) atoms. The van der Waals surface area contributed by atoms with Gasteiger partial charge in [-0.2, -0.15) is 0 Å². The van der Waals surface area contributed by atoms with Crippen LogP contribution in [-0.2, 0) is 21.1 Å². The first kappa shape index (κ1) is 20.2. The van der Waals surface area contributed by atoms with Crippen LogP contribution in [0.25, 0.3) is 10.9 Å². The molecule has 1 aromatic carbocycles. The van der Waals surface area contributed by atoms with Crippen molar-refractivity contribution in [3.8, 4) is 0 Å². The molecule has 2 aromatic rings. The molecule has 1 N–H and O–H groups in total. The summed E-state index contributed by atoms with van der Waals surface area (Å²) in [6.07, 6.45) is 0.746. The predicted octanol–water partition coefficient (Wildman–Crippen LogP) is 2.25. The van der Waals surface area contributed by atoms with Gasteiger partial charge in [-0.25, -0.2) is 8.42 Å². The fourth-order valence-electron chi connectivity index (χ4n) is 3.68. The molecular formula is C19H26ClN3O3S. The second-order valence-electron chi connectivity index (χ2n) is 7.54. The molecule has 3 rings (SSSR count). The maximum absolute atomic E-state index is 13.2. The first-order valence-corrected chi connectivity index (χ1v) is 11.3. The SMILES string of the molecule is Cc1[nH]c2ccc(Cl)cc2c1CC(=O)N(CCN(C)C)[C@H]1CCS(=O)(=O)C1. The second kappa shape index (κ2) is 7.81. The van der Waals surface area contributed by atoms with Gasteiger partial charge in [-0.1, -0.05) is 11.6 Å². The molecule has 6 nitrogen and oxygen atoms in total. The summed E-state index contributed by atoms with van der Waals surface area (Å²) >= 11 is 6.14. The topological polar surface area (TPSA) is 73.5 Å². The highest BCUT2D eigenvalue weighted by Gasteiger charge is 2.34. The van der Waals surface area contributed by atoms with E-state index in [0.717, 1.165) is 22.2 Å². The van der Waals surface area contributed by atoms with Crippen LogP contribution in [0.5, 0.6) is 0 Å². The smallest absolute Gasteiger partial charge is 0.227 e. The second-order valence-corrected chi connectivity index (χ2v) is 10.2. The highest BCUT2D eigenvalue weighted by Crippen LogP contribution is 2.27. The van der Waals surface area contributed by atoms with Crippen molar-refractivity contribution >= 4 is 38.2 Å². The Labute approximate surface area is 165 Å². The van der Waals surface area contributed by atoms with Crippen LogP contribution in [0.1, 0.15) is 17.7 Å². The third-order valence-corrected chi connectivity index (χ3v) is 7.15. The molecule has 0 unspecified atom stereocenters. The van der Waals surface area contributed by atoms with Crippen molar-refractivity contribution in [3.63, 3.8) is 0 Å². The number of carbonyl (C=O) groups excluding carboxylic acids is 1. The van der Waals surface area contributed by atoms with E-state index < -0.39 is 9.84 Å². The van der Waals surface area contributed by atoms with E-state index in [-0.39, 0.29) is 29.9 Å². The molecule has 0 aliphatic carbocycles. The lowest BCUT2D eigenvalue weighted by molar-refractivity contribution is -0.132. The lowest BCUT2D eigenvalue weighted by atomic mass is 10.1. The van der Waals surface area contributed by atoms with E-state index in [4.69, 9.17) is 11.6 Å². The molecule has 0 bridgehead atoms. The minimum Gasteiger partial charge on any atom is -0.358 e. The number of aromatic nitrogens is 1. The predicted molar refractivity (Wildman–Crippen MR) is 109 cm³/mol. The summed E-state index contributed by atoms with van der Waals surface area (Å²) in [7, 11) is 0.834. The fraction of sp³-hybridized carbons (Fsp3) is 0.526. The van der Waals surface area contributed by atoms with Crippen molar-refractivity contribution in [1.29, 1.82) is 0 Å². The lowest BCUT2D eigenvalue weighted by Gasteiger charge is -2.29. The highest BCUT2D eigenvalue weighted by atomic mass is 35.5. The lowest BCUT2D eigenvalue weighted by Crippen LogP contribution is -2.45. The van der Waals surface area contributed by atoms with Gasteiger partial charge >= 0.3 is 0 Å². The maximum Gasteiger partial charge on any atom is 0.227 e. The number of aromatic amines is 1. The van der Waals surface area contributed by atoms with E-state index in [1.165, 1.54) is 0 Å². The van der Waals surface area contributed by atoms with Gasteiger partial charge < -0.3 is 14.8 Å². The number of aryl methyl sites for hydroxylation is 1. The van der Waals surface area contributed by atoms with Crippen LogP contribution in [0.2, 0.25) is 5.02 Å². The van der Waals surface area contributed by atoms with Gasteiger partial charge in [0, 0.05) is 40.8 Å². The number of halogens is 1. The largest absolute Gasteiger partial charge is 0.358 e. The zero-order valence-corrected chi connectivity index (χ0v) is 17.5. The molecule has 1 fully saturated rings. The van der Waals surface area contributed by atoms with Crippen LogP contribution in [-0.4, -0.2) is 73.8 Å². The third kappa shape index (κ3) is 4.65. The minimum absolute atomic E-state index is 0.0390. The monoisotopic (exact) mass is 411 g/mol. The van der Waals surface area contributed by atoms with Gasteiger partial charge in [-0.15, -0.1) is 0 Å². The van der Waals surface area contributed by atoms with E-state index in [2.05, 4.69) is 4.98 Å². The highest BCUT2D eigenvalue weighted by molar-refractivity contribution is 7.91. The van der Waals surface area contributed by atoms with E-state index in [9.17, 15) is 13.2 Å². The molecule has 1 aliphatic heterocycles. The van der Waals surface area contributed by atoms with Gasteiger partial charge in [0.1, 0.15) is 0 Å². The van der Waals surface area contributed by atoms with Gasteiger partial charge in [-0.3, -0.25) is 4.79 Å². The zero-order chi connectivity index (χ0) is 19.8. The number of sulfone groups is 1. The molecule has 0 saturated carbocycles.